The van der Waals surface area contributed by atoms with Gasteiger partial charge in [-0.3, -0.25) is 9.98 Å². The van der Waals surface area contributed by atoms with E-state index in [0.29, 0.717) is 11.5 Å². The molecule has 0 aromatic heterocycles. The van der Waals surface area contributed by atoms with Gasteiger partial charge in [0.05, 0.1) is 16.8 Å². The van der Waals surface area contributed by atoms with Crippen LogP contribution in [0, 0.1) is 0 Å². The third-order valence-corrected chi connectivity index (χ3v) is 13.0. The van der Waals surface area contributed by atoms with Gasteiger partial charge >= 0.3 is 11.9 Å². The minimum atomic E-state index is -0.690. The molecular formula is C59H48N2O6S2. The molecule has 1 aliphatic rings. The molecule has 0 heterocycles. The maximum atomic E-state index is 11.3. The molecule has 10 heteroatoms. The van der Waals surface area contributed by atoms with E-state index in [2.05, 4.69) is 134 Å². The van der Waals surface area contributed by atoms with E-state index in [-0.39, 0.29) is 26.4 Å². The minimum Gasteiger partial charge on any atom is -0.490 e. The van der Waals surface area contributed by atoms with E-state index in [9.17, 15) is 9.59 Å². The van der Waals surface area contributed by atoms with E-state index in [1.807, 2.05) is 50.2 Å². The summed E-state index contributed by atoms with van der Waals surface area (Å²) < 4.78 is 21.7. The van der Waals surface area contributed by atoms with Gasteiger partial charge in [0, 0.05) is 33.4 Å². The van der Waals surface area contributed by atoms with Gasteiger partial charge in [-0.05, 0) is 141 Å². The first-order valence-electron chi connectivity index (χ1n) is 22.4. The minimum absolute atomic E-state index is 0.142. The molecule has 0 unspecified atom stereocenters. The van der Waals surface area contributed by atoms with Crippen molar-refractivity contribution >= 4 is 81.5 Å². The molecule has 0 fully saturated rings. The fourth-order valence-electron chi connectivity index (χ4n) is 9.02. The molecule has 9 rings (SSSR count). The van der Waals surface area contributed by atoms with E-state index >= 15 is 0 Å². The van der Waals surface area contributed by atoms with Gasteiger partial charge in [0.15, 0.2) is 0 Å². The Labute approximate surface area is 412 Å². The number of carbonyl (C=O) groups excluding carboxylic acids is 2. The summed E-state index contributed by atoms with van der Waals surface area (Å²) in [5.74, 6) is 0.430. The normalized spacial score (nSPS) is 12.8. The van der Waals surface area contributed by atoms with Crippen LogP contribution < -0.4 is 9.47 Å². The van der Waals surface area contributed by atoms with E-state index < -0.39 is 17.4 Å². The third kappa shape index (κ3) is 9.59. The zero-order chi connectivity index (χ0) is 48.1. The van der Waals surface area contributed by atoms with Crippen LogP contribution in [0.3, 0.4) is 0 Å². The topological polar surface area (TPSA) is 95.8 Å². The molecule has 0 saturated heterocycles. The fourth-order valence-corrected chi connectivity index (χ4v) is 9.54. The molecular weight excluding hydrogens is 897 g/mol. The van der Waals surface area contributed by atoms with Crippen LogP contribution in [-0.4, -0.2) is 49.8 Å². The van der Waals surface area contributed by atoms with Crippen LogP contribution in [0.1, 0.15) is 47.2 Å². The Morgan fingerprint density at radius 3 is 1.33 bits per heavy atom. The number of rotatable bonds is 16. The molecule has 8 aromatic carbocycles. The van der Waals surface area contributed by atoms with Gasteiger partial charge < -0.3 is 18.9 Å². The quantitative estimate of drug-likeness (QED) is 0.0329. The lowest BCUT2D eigenvalue weighted by atomic mass is 9.67. The summed E-state index contributed by atoms with van der Waals surface area (Å²) in [6.45, 7) is 11.6. The largest absolute Gasteiger partial charge is 0.490 e. The lowest BCUT2D eigenvalue weighted by Crippen LogP contribution is -2.28. The number of nitrogens with zero attached hydrogens (tertiary/aromatic N) is 2. The van der Waals surface area contributed by atoms with Gasteiger partial charge in [0.2, 0.25) is 0 Å². The second kappa shape index (κ2) is 20.3. The summed E-state index contributed by atoms with van der Waals surface area (Å²) >= 11 is 10.2. The number of hydrogen-bond donors (Lipinski definition) is 2. The Hall–Kier alpha value is -7.66. The molecule has 0 aliphatic heterocycles. The number of carbonyl (C=O) groups is 2. The second-order valence-electron chi connectivity index (χ2n) is 16.5. The van der Waals surface area contributed by atoms with Crippen molar-refractivity contribution in [1.29, 1.82) is 0 Å². The van der Waals surface area contributed by atoms with Gasteiger partial charge in [-0.2, -0.15) is 0 Å². The SMILES string of the molecule is C=CC(=O)OCCOc1ccc2cc(C(C)=Nc3ccc(C4(c5ccc(N=C(C)c6ccc7cc(OCCOC(=O)C=C)ccc7c6)c(S)c5)c5ccccc5-c5ccccc54)cc3S)ccc2c1. The van der Waals surface area contributed by atoms with Gasteiger partial charge in [-0.1, -0.05) is 110 Å². The predicted molar refractivity (Wildman–Crippen MR) is 283 cm³/mol. The van der Waals surface area contributed by atoms with Gasteiger partial charge in [0.1, 0.15) is 37.9 Å². The summed E-state index contributed by atoms with van der Waals surface area (Å²) in [6, 6.07) is 54.3. The van der Waals surface area contributed by atoms with Crippen molar-refractivity contribution in [3.05, 3.63) is 216 Å². The van der Waals surface area contributed by atoms with Crippen molar-refractivity contribution in [1.82, 2.24) is 0 Å². The smallest absolute Gasteiger partial charge is 0.330 e. The van der Waals surface area contributed by atoms with E-state index in [1.54, 1.807) is 0 Å². The van der Waals surface area contributed by atoms with Crippen LogP contribution in [0.4, 0.5) is 11.4 Å². The summed E-state index contributed by atoms with van der Waals surface area (Å²) in [7, 11) is 0. The number of esters is 2. The van der Waals surface area contributed by atoms with E-state index in [0.717, 1.165) is 88.5 Å². The second-order valence-corrected chi connectivity index (χ2v) is 17.5. The van der Waals surface area contributed by atoms with Crippen molar-refractivity contribution < 1.29 is 28.5 Å². The highest BCUT2D eigenvalue weighted by molar-refractivity contribution is 7.80. The molecule has 0 bridgehead atoms. The predicted octanol–water partition coefficient (Wildman–Crippen LogP) is 13.4. The average Bonchev–Trinajstić information content (AvgIpc) is 3.68. The number of hydrogen-bond acceptors (Lipinski definition) is 10. The zero-order valence-electron chi connectivity index (χ0n) is 38.1. The Balaban J connectivity index is 1.01. The van der Waals surface area contributed by atoms with Crippen molar-refractivity contribution in [3.8, 4) is 22.6 Å². The maximum Gasteiger partial charge on any atom is 0.330 e. The Kier molecular flexibility index (Phi) is 13.7. The molecule has 0 amide bonds. The molecule has 0 radical (unpaired) electrons. The number of benzene rings is 8. The van der Waals surface area contributed by atoms with Crippen LogP contribution >= 0.6 is 25.3 Å². The van der Waals surface area contributed by atoms with Gasteiger partial charge in [0.25, 0.3) is 0 Å². The van der Waals surface area contributed by atoms with Gasteiger partial charge in [-0.25, -0.2) is 9.59 Å². The number of fused-ring (bicyclic) bond motifs is 5. The van der Waals surface area contributed by atoms with E-state index in [4.69, 9.17) is 54.2 Å². The Bertz CT molecular complexity index is 3170. The molecule has 8 nitrogen and oxygen atoms in total. The van der Waals surface area contributed by atoms with Crippen LogP contribution in [0.25, 0.3) is 32.7 Å². The Morgan fingerprint density at radius 2 is 0.913 bits per heavy atom. The molecule has 8 aromatic rings. The summed E-state index contributed by atoms with van der Waals surface area (Å²) in [4.78, 5) is 34.4. The van der Waals surface area contributed by atoms with Crippen molar-refractivity contribution in [2.45, 2.75) is 29.1 Å². The van der Waals surface area contributed by atoms with E-state index in [1.165, 1.54) is 22.3 Å². The molecule has 0 spiro atoms. The standard InChI is InChI=1S/C59H48N2O6S2/c1-5-57(62)66-29-27-64-47-23-19-41-31-39(15-17-43(41)33-47)37(3)60-53-25-21-45(35-55(53)68)59(51-13-9-7-11-49(51)50-12-8-10-14-52(50)59)46-22-26-54(56(69)36-46)61-38(4)40-16-18-44-34-48(24-20-42(44)32-40)65-28-30-67-58(63)6-2/h5-26,31-36,68-69H,1-2,27-30H2,3-4H3. The number of ether oxygens (including phenoxy) is 4. The number of thiol groups is 2. The average molecular weight is 945 g/mol. The molecule has 1 aliphatic carbocycles. The van der Waals surface area contributed by atoms with Crippen molar-refractivity contribution in [2.24, 2.45) is 9.98 Å². The van der Waals surface area contributed by atoms with Crippen molar-refractivity contribution in [2.75, 3.05) is 26.4 Å². The fraction of sp³-hybridized carbons (Fsp3) is 0.119. The van der Waals surface area contributed by atoms with Crippen LogP contribution in [0.2, 0.25) is 0 Å². The van der Waals surface area contributed by atoms with Crippen LogP contribution in [-0.2, 0) is 24.5 Å². The van der Waals surface area contributed by atoms with Gasteiger partial charge in [-0.15, -0.1) is 25.3 Å². The molecule has 0 atom stereocenters. The summed E-state index contributed by atoms with van der Waals surface area (Å²) in [6.07, 6.45) is 2.27. The highest BCUT2D eigenvalue weighted by Gasteiger charge is 2.46. The molecule has 0 saturated carbocycles. The first kappa shape index (κ1) is 46.5. The summed E-state index contributed by atoms with van der Waals surface area (Å²) in [5, 5.41) is 4.13. The molecule has 69 heavy (non-hydrogen) atoms. The first-order chi connectivity index (χ1) is 33.5. The monoisotopic (exact) mass is 944 g/mol. The lowest BCUT2D eigenvalue weighted by Gasteiger charge is -2.34. The zero-order valence-corrected chi connectivity index (χ0v) is 39.9. The third-order valence-electron chi connectivity index (χ3n) is 12.3. The van der Waals surface area contributed by atoms with Crippen molar-refractivity contribution in [3.63, 3.8) is 0 Å². The number of aliphatic imine (C=N–C) groups is 2. The maximum absolute atomic E-state index is 11.3. The molecule has 0 N–H and O–H groups in total. The molecule has 342 valence electrons. The first-order valence-corrected chi connectivity index (χ1v) is 23.3. The Morgan fingerprint density at radius 1 is 0.507 bits per heavy atom. The highest BCUT2D eigenvalue weighted by atomic mass is 32.1. The van der Waals surface area contributed by atoms with Crippen LogP contribution in [0.15, 0.2) is 203 Å². The van der Waals surface area contributed by atoms with Crippen LogP contribution in [0.5, 0.6) is 11.5 Å². The highest BCUT2D eigenvalue weighted by Crippen LogP contribution is 2.57. The lowest BCUT2D eigenvalue weighted by molar-refractivity contribution is -0.139. The summed E-state index contributed by atoms with van der Waals surface area (Å²) in [5.41, 5.74) is 11.3.